The van der Waals surface area contributed by atoms with Crippen molar-refractivity contribution in [1.29, 1.82) is 0 Å². The minimum Gasteiger partial charge on any atom is -0.450 e. The van der Waals surface area contributed by atoms with Crippen molar-refractivity contribution in [3.63, 3.8) is 0 Å². The standard InChI is InChI=1S/C15H18O3S/c1-2-10-18-14(16)15(17,13-9-6-11-19-13)12-7-4-3-5-8-12/h1,6,9,11-12,17H,3-5,7-8,10H2. The normalized spacial score (nSPS) is 19.4. The predicted octanol–water partition coefficient (Wildman–Crippen LogP) is 2.69. The van der Waals surface area contributed by atoms with E-state index in [4.69, 9.17) is 11.2 Å². The van der Waals surface area contributed by atoms with Crippen LogP contribution in [0.2, 0.25) is 0 Å². The first-order valence-corrected chi connectivity index (χ1v) is 7.44. The minimum absolute atomic E-state index is 0.0785. The summed E-state index contributed by atoms with van der Waals surface area (Å²) in [4.78, 5) is 12.9. The summed E-state index contributed by atoms with van der Waals surface area (Å²) in [7, 11) is 0. The smallest absolute Gasteiger partial charge is 0.344 e. The molecule has 4 heteroatoms. The summed E-state index contributed by atoms with van der Waals surface area (Å²) >= 11 is 1.38. The molecular formula is C15H18O3S. The van der Waals surface area contributed by atoms with Gasteiger partial charge in [0, 0.05) is 10.8 Å². The van der Waals surface area contributed by atoms with Gasteiger partial charge >= 0.3 is 5.97 Å². The van der Waals surface area contributed by atoms with Crippen LogP contribution >= 0.6 is 11.3 Å². The molecule has 1 aromatic rings. The zero-order chi connectivity index (χ0) is 13.7. The van der Waals surface area contributed by atoms with Crippen LogP contribution in [0.5, 0.6) is 0 Å². The van der Waals surface area contributed by atoms with Crippen LogP contribution in [0.4, 0.5) is 0 Å². The van der Waals surface area contributed by atoms with Gasteiger partial charge in [0.05, 0.1) is 0 Å². The van der Waals surface area contributed by atoms with E-state index in [0.29, 0.717) is 4.88 Å². The average Bonchev–Trinajstić information content (AvgIpc) is 2.99. The molecule has 0 aromatic carbocycles. The Kier molecular flexibility index (Phi) is 4.62. The van der Waals surface area contributed by atoms with E-state index in [1.165, 1.54) is 11.3 Å². The largest absolute Gasteiger partial charge is 0.450 e. The number of carbonyl (C=O) groups is 1. The minimum atomic E-state index is -1.54. The SMILES string of the molecule is C#CCOC(=O)C(O)(c1cccs1)C1CCCCC1. The first kappa shape index (κ1) is 14.1. The first-order valence-electron chi connectivity index (χ1n) is 6.56. The zero-order valence-electron chi connectivity index (χ0n) is 10.8. The zero-order valence-corrected chi connectivity index (χ0v) is 11.6. The molecule has 2 rings (SSSR count). The van der Waals surface area contributed by atoms with E-state index >= 15 is 0 Å². The van der Waals surface area contributed by atoms with Crippen molar-refractivity contribution in [2.75, 3.05) is 6.61 Å². The Morgan fingerprint density at radius 1 is 1.53 bits per heavy atom. The van der Waals surface area contributed by atoms with Gasteiger partial charge in [0.1, 0.15) is 0 Å². The van der Waals surface area contributed by atoms with Gasteiger partial charge in [-0.15, -0.1) is 17.8 Å². The van der Waals surface area contributed by atoms with E-state index in [9.17, 15) is 9.90 Å². The van der Waals surface area contributed by atoms with Crippen molar-refractivity contribution >= 4 is 17.3 Å². The second-order valence-corrected chi connectivity index (χ2v) is 5.81. The number of ether oxygens (including phenoxy) is 1. The monoisotopic (exact) mass is 278 g/mol. The molecule has 1 N–H and O–H groups in total. The van der Waals surface area contributed by atoms with E-state index < -0.39 is 11.6 Å². The summed E-state index contributed by atoms with van der Waals surface area (Å²) in [5, 5.41) is 12.8. The van der Waals surface area contributed by atoms with Gasteiger partial charge in [-0.3, -0.25) is 0 Å². The highest BCUT2D eigenvalue weighted by Gasteiger charge is 2.47. The fourth-order valence-electron chi connectivity index (χ4n) is 2.70. The number of rotatable bonds is 4. The number of hydrogen-bond donors (Lipinski definition) is 1. The maximum atomic E-state index is 12.3. The molecule has 0 bridgehead atoms. The lowest BCUT2D eigenvalue weighted by atomic mass is 9.76. The lowest BCUT2D eigenvalue weighted by Crippen LogP contribution is -2.44. The molecule has 102 valence electrons. The summed E-state index contributed by atoms with van der Waals surface area (Å²) in [5.74, 6) is 1.58. The number of terminal acetylenes is 1. The second kappa shape index (κ2) is 6.23. The highest BCUT2D eigenvalue weighted by Crippen LogP contribution is 2.41. The number of thiophene rings is 1. The predicted molar refractivity (Wildman–Crippen MR) is 74.6 cm³/mol. The van der Waals surface area contributed by atoms with Crippen LogP contribution in [0.1, 0.15) is 37.0 Å². The van der Waals surface area contributed by atoms with Crippen molar-refractivity contribution in [2.24, 2.45) is 5.92 Å². The molecule has 1 saturated carbocycles. The topological polar surface area (TPSA) is 46.5 Å². The Balaban J connectivity index is 2.27. The third-order valence-corrected chi connectivity index (χ3v) is 4.69. The van der Waals surface area contributed by atoms with Gasteiger partial charge in [0.25, 0.3) is 0 Å². The molecule has 1 heterocycles. The van der Waals surface area contributed by atoms with E-state index in [1.807, 2.05) is 11.4 Å². The van der Waals surface area contributed by atoms with Gasteiger partial charge < -0.3 is 9.84 Å². The van der Waals surface area contributed by atoms with E-state index in [1.54, 1.807) is 6.07 Å². The van der Waals surface area contributed by atoms with Crippen molar-refractivity contribution in [3.8, 4) is 12.3 Å². The third kappa shape index (κ3) is 2.83. The van der Waals surface area contributed by atoms with Crippen molar-refractivity contribution < 1.29 is 14.6 Å². The molecule has 0 amide bonds. The van der Waals surface area contributed by atoms with Crippen LogP contribution in [0, 0.1) is 18.3 Å². The van der Waals surface area contributed by atoms with Gasteiger partial charge in [0.2, 0.25) is 0 Å². The molecule has 3 nitrogen and oxygen atoms in total. The van der Waals surface area contributed by atoms with Gasteiger partial charge in [-0.05, 0) is 24.3 Å². The van der Waals surface area contributed by atoms with Crippen LogP contribution in [-0.4, -0.2) is 17.7 Å². The van der Waals surface area contributed by atoms with Gasteiger partial charge in [-0.25, -0.2) is 4.79 Å². The molecule has 1 fully saturated rings. The Bertz CT molecular complexity index is 454. The molecule has 1 atom stereocenters. The third-order valence-electron chi connectivity index (χ3n) is 3.69. The second-order valence-electron chi connectivity index (χ2n) is 4.86. The Hall–Kier alpha value is -1.31. The molecule has 1 aliphatic rings. The first-order chi connectivity index (χ1) is 9.19. The van der Waals surface area contributed by atoms with Crippen molar-refractivity contribution in [1.82, 2.24) is 0 Å². The average molecular weight is 278 g/mol. The fourth-order valence-corrected chi connectivity index (χ4v) is 3.59. The molecule has 0 spiro atoms. The highest BCUT2D eigenvalue weighted by molar-refractivity contribution is 7.10. The van der Waals surface area contributed by atoms with Crippen LogP contribution < -0.4 is 0 Å². The summed E-state index contributed by atoms with van der Waals surface area (Å²) in [6, 6.07) is 3.62. The van der Waals surface area contributed by atoms with Gasteiger partial charge in [-0.2, -0.15) is 0 Å². The number of esters is 1. The molecule has 1 aromatic heterocycles. The van der Waals surface area contributed by atoms with Crippen LogP contribution in [0.3, 0.4) is 0 Å². The summed E-state index contributed by atoms with van der Waals surface area (Å²) in [6.45, 7) is -0.0980. The van der Waals surface area contributed by atoms with Crippen LogP contribution in [0.15, 0.2) is 17.5 Å². The van der Waals surface area contributed by atoms with E-state index in [0.717, 1.165) is 32.1 Å². The molecule has 19 heavy (non-hydrogen) atoms. The summed E-state index contributed by atoms with van der Waals surface area (Å²) < 4.78 is 5.01. The van der Waals surface area contributed by atoms with E-state index in [-0.39, 0.29) is 12.5 Å². The van der Waals surface area contributed by atoms with Crippen molar-refractivity contribution in [2.45, 2.75) is 37.7 Å². The molecular weight excluding hydrogens is 260 g/mol. The molecule has 0 radical (unpaired) electrons. The van der Waals surface area contributed by atoms with E-state index in [2.05, 4.69) is 5.92 Å². The Morgan fingerprint density at radius 2 is 2.26 bits per heavy atom. The van der Waals surface area contributed by atoms with Gasteiger partial charge in [-0.1, -0.05) is 31.2 Å². The Labute approximate surface area is 117 Å². The number of carbonyl (C=O) groups excluding carboxylic acids is 1. The maximum Gasteiger partial charge on any atom is 0.344 e. The fraction of sp³-hybridized carbons (Fsp3) is 0.533. The lowest BCUT2D eigenvalue weighted by molar-refractivity contribution is -0.173. The molecule has 1 unspecified atom stereocenters. The molecule has 1 aliphatic carbocycles. The summed E-state index contributed by atoms with van der Waals surface area (Å²) in [6.07, 6.45) is 10.1. The quantitative estimate of drug-likeness (QED) is 0.680. The van der Waals surface area contributed by atoms with Crippen LogP contribution in [-0.2, 0) is 15.1 Å². The highest BCUT2D eigenvalue weighted by atomic mass is 32.1. The number of aliphatic hydroxyl groups is 1. The number of hydrogen-bond acceptors (Lipinski definition) is 4. The van der Waals surface area contributed by atoms with Crippen LogP contribution in [0.25, 0.3) is 0 Å². The summed E-state index contributed by atoms with van der Waals surface area (Å²) in [5.41, 5.74) is -1.54. The maximum absolute atomic E-state index is 12.3. The molecule has 0 aliphatic heterocycles. The van der Waals surface area contributed by atoms with Gasteiger partial charge in [0.15, 0.2) is 12.2 Å². The molecule has 0 saturated heterocycles. The Morgan fingerprint density at radius 3 is 2.84 bits per heavy atom. The van der Waals surface area contributed by atoms with Crippen molar-refractivity contribution in [3.05, 3.63) is 22.4 Å². The lowest BCUT2D eigenvalue weighted by Gasteiger charge is -2.35.